The second-order valence-electron chi connectivity index (χ2n) is 10.2. The van der Waals surface area contributed by atoms with Gasteiger partial charge in [0.1, 0.15) is 23.9 Å². The van der Waals surface area contributed by atoms with Crippen molar-refractivity contribution in [3.05, 3.63) is 0 Å². The van der Waals surface area contributed by atoms with Crippen molar-refractivity contribution in [3.8, 4) is 0 Å². The highest BCUT2D eigenvalue weighted by Crippen LogP contribution is 2.32. The molecule has 8 nitrogen and oxygen atoms in total. The first-order valence-electron chi connectivity index (χ1n) is 11.4. The Hall–Kier alpha value is -1.67. The van der Waals surface area contributed by atoms with Crippen molar-refractivity contribution < 1.29 is 28.6 Å². The van der Waals surface area contributed by atoms with E-state index >= 15 is 0 Å². The van der Waals surface area contributed by atoms with Gasteiger partial charge < -0.3 is 19.5 Å². The average Bonchev–Trinajstić information content (AvgIpc) is 2.72. The zero-order valence-electron chi connectivity index (χ0n) is 20.0. The maximum atomic E-state index is 13.3. The summed E-state index contributed by atoms with van der Waals surface area (Å²) < 4.78 is 17.1. The lowest BCUT2D eigenvalue weighted by Gasteiger charge is -2.46. The van der Waals surface area contributed by atoms with E-state index in [1.54, 1.807) is 18.9 Å². The van der Waals surface area contributed by atoms with E-state index in [0.717, 1.165) is 0 Å². The number of Topliss-reactive ketones (excluding diaryl/α,β-unsaturated/α-hetero) is 1. The summed E-state index contributed by atoms with van der Waals surface area (Å²) in [5.41, 5.74) is -1.80. The van der Waals surface area contributed by atoms with Crippen molar-refractivity contribution in [2.45, 2.75) is 89.9 Å². The van der Waals surface area contributed by atoms with E-state index in [-0.39, 0.29) is 18.8 Å². The molecule has 0 bridgehead atoms. The lowest BCUT2D eigenvalue weighted by atomic mass is 9.86. The smallest absolute Gasteiger partial charge is 0.410 e. The van der Waals surface area contributed by atoms with Gasteiger partial charge in [0, 0.05) is 20.1 Å². The molecule has 1 spiro atoms. The van der Waals surface area contributed by atoms with Crippen LogP contribution in [0.3, 0.4) is 0 Å². The number of carbonyl (C=O) groups is 3. The van der Waals surface area contributed by atoms with Crippen molar-refractivity contribution >= 4 is 17.8 Å². The van der Waals surface area contributed by atoms with Gasteiger partial charge in [-0.25, -0.2) is 4.79 Å². The third-order valence-corrected chi connectivity index (χ3v) is 6.52. The molecule has 2 atom stereocenters. The van der Waals surface area contributed by atoms with Crippen LogP contribution in [0.5, 0.6) is 0 Å². The third-order valence-electron chi connectivity index (χ3n) is 6.52. The Morgan fingerprint density at radius 3 is 2.39 bits per heavy atom. The van der Waals surface area contributed by atoms with Crippen LogP contribution >= 0.6 is 0 Å². The van der Waals surface area contributed by atoms with Crippen molar-refractivity contribution in [2.24, 2.45) is 5.92 Å². The molecule has 0 aromatic rings. The molecule has 0 aromatic carbocycles. The highest BCUT2D eigenvalue weighted by molar-refractivity contribution is 5.98. The van der Waals surface area contributed by atoms with Gasteiger partial charge in [0.15, 0.2) is 0 Å². The molecule has 0 aromatic heterocycles. The molecule has 2 fully saturated rings. The summed E-state index contributed by atoms with van der Waals surface area (Å²) in [7, 11) is 1.64. The highest BCUT2D eigenvalue weighted by atomic mass is 16.6. The number of piperidine rings is 1. The first kappa shape index (κ1) is 25.6. The molecule has 1 unspecified atom stereocenters. The highest BCUT2D eigenvalue weighted by Gasteiger charge is 2.44. The van der Waals surface area contributed by atoms with Gasteiger partial charge in [0.05, 0.1) is 11.1 Å². The quantitative estimate of drug-likeness (QED) is 0.495. The molecular formula is C23H40N2O6. The molecule has 1 N–H and O–H groups in total. The summed E-state index contributed by atoms with van der Waals surface area (Å²) in [6.07, 6.45) is 3.03. The van der Waals surface area contributed by atoms with Gasteiger partial charge in [0.2, 0.25) is 0 Å². The van der Waals surface area contributed by atoms with Gasteiger partial charge in [-0.3, -0.25) is 14.5 Å². The SMILES string of the molecule is CO[C@]1(C)CCCN(C(=O)OC(C)(C)C)C2(CCNCC2)COC(=O)C(C)C(=O)CC1. The van der Waals surface area contributed by atoms with Crippen LogP contribution in [0.15, 0.2) is 0 Å². The first-order chi connectivity index (χ1) is 14.4. The van der Waals surface area contributed by atoms with Gasteiger partial charge in [0.25, 0.3) is 0 Å². The molecule has 0 saturated carbocycles. The summed E-state index contributed by atoms with van der Waals surface area (Å²) in [5.74, 6) is -1.52. The number of esters is 1. The average molecular weight is 441 g/mol. The molecule has 1 amide bonds. The minimum atomic E-state index is -0.837. The lowest BCUT2D eigenvalue weighted by molar-refractivity contribution is -0.156. The monoisotopic (exact) mass is 440 g/mol. The summed E-state index contributed by atoms with van der Waals surface area (Å²) >= 11 is 0. The number of ketones is 1. The number of hydrogen-bond donors (Lipinski definition) is 1. The summed E-state index contributed by atoms with van der Waals surface area (Å²) in [5, 5.41) is 3.32. The molecule has 2 aliphatic heterocycles. The fraction of sp³-hybridized carbons (Fsp3) is 0.870. The summed E-state index contributed by atoms with van der Waals surface area (Å²) in [6.45, 7) is 11.0. The molecule has 178 valence electrons. The van der Waals surface area contributed by atoms with Crippen molar-refractivity contribution in [1.29, 1.82) is 0 Å². The maximum Gasteiger partial charge on any atom is 0.410 e. The van der Waals surface area contributed by atoms with Gasteiger partial charge in [-0.1, -0.05) is 0 Å². The van der Waals surface area contributed by atoms with Gasteiger partial charge in [-0.15, -0.1) is 0 Å². The number of cyclic esters (lactones) is 1. The van der Waals surface area contributed by atoms with E-state index in [9.17, 15) is 14.4 Å². The number of amides is 1. The molecule has 2 saturated heterocycles. The van der Waals surface area contributed by atoms with Crippen LogP contribution < -0.4 is 5.32 Å². The Balaban J connectivity index is 2.38. The predicted molar refractivity (Wildman–Crippen MR) is 117 cm³/mol. The normalized spacial score (nSPS) is 28.8. The Kier molecular flexibility index (Phi) is 8.50. The minimum Gasteiger partial charge on any atom is -0.463 e. The molecule has 31 heavy (non-hydrogen) atoms. The largest absolute Gasteiger partial charge is 0.463 e. The first-order valence-corrected chi connectivity index (χ1v) is 11.4. The second kappa shape index (κ2) is 10.3. The van der Waals surface area contributed by atoms with Crippen LogP contribution in [0.2, 0.25) is 0 Å². The Bertz CT molecular complexity index is 653. The van der Waals surface area contributed by atoms with Crippen LogP contribution in [0.4, 0.5) is 4.79 Å². The zero-order chi connectivity index (χ0) is 23.3. The van der Waals surface area contributed by atoms with Crippen LogP contribution in [0.25, 0.3) is 0 Å². The number of rotatable bonds is 1. The number of ether oxygens (including phenoxy) is 3. The molecule has 2 rings (SSSR count). The topological polar surface area (TPSA) is 94.2 Å². The lowest BCUT2D eigenvalue weighted by Crippen LogP contribution is -2.60. The van der Waals surface area contributed by atoms with E-state index < -0.39 is 34.7 Å². The fourth-order valence-corrected chi connectivity index (χ4v) is 4.23. The fourth-order valence-electron chi connectivity index (χ4n) is 4.23. The van der Waals surface area contributed by atoms with Gasteiger partial charge in [-0.05, 0) is 79.8 Å². The Morgan fingerprint density at radius 2 is 1.81 bits per heavy atom. The maximum absolute atomic E-state index is 13.3. The van der Waals surface area contributed by atoms with Gasteiger partial charge in [-0.2, -0.15) is 0 Å². The molecule has 2 heterocycles. The molecular weight excluding hydrogens is 400 g/mol. The minimum absolute atomic E-state index is 0.0614. The summed E-state index contributed by atoms with van der Waals surface area (Å²) in [6, 6.07) is 0. The van der Waals surface area contributed by atoms with E-state index in [1.807, 2.05) is 27.7 Å². The Morgan fingerprint density at radius 1 is 1.16 bits per heavy atom. The van der Waals surface area contributed by atoms with Crippen molar-refractivity contribution in [2.75, 3.05) is 33.4 Å². The van der Waals surface area contributed by atoms with Crippen LogP contribution in [-0.4, -0.2) is 72.8 Å². The van der Waals surface area contributed by atoms with E-state index in [0.29, 0.717) is 51.7 Å². The van der Waals surface area contributed by atoms with Crippen LogP contribution in [0.1, 0.15) is 73.1 Å². The molecule has 8 heteroatoms. The van der Waals surface area contributed by atoms with E-state index in [2.05, 4.69) is 5.32 Å². The van der Waals surface area contributed by atoms with E-state index in [1.165, 1.54) is 0 Å². The van der Waals surface area contributed by atoms with Crippen LogP contribution in [0, 0.1) is 5.92 Å². The molecule has 0 aliphatic carbocycles. The standard InChI is InChI=1S/C23H40N2O6/c1-17-18(26)8-10-22(5,29-6)9-7-15-25(20(28)31-21(2,3)4)23(16-30-19(17)27)11-13-24-14-12-23/h17,24H,7-16H2,1-6H3/t17?,22-/m1/s1. The number of nitrogens with one attached hydrogen (secondary N) is 1. The number of hydrogen-bond acceptors (Lipinski definition) is 7. The van der Waals surface area contributed by atoms with Gasteiger partial charge >= 0.3 is 12.1 Å². The number of methoxy groups -OCH3 is 1. The summed E-state index contributed by atoms with van der Waals surface area (Å²) in [4.78, 5) is 40.3. The van der Waals surface area contributed by atoms with E-state index in [4.69, 9.17) is 14.2 Å². The van der Waals surface area contributed by atoms with Crippen LogP contribution in [-0.2, 0) is 23.8 Å². The van der Waals surface area contributed by atoms with Crippen molar-refractivity contribution in [1.82, 2.24) is 10.2 Å². The predicted octanol–water partition coefficient (Wildman–Crippen LogP) is 3.07. The molecule has 0 radical (unpaired) electrons. The number of carbonyl (C=O) groups excluding carboxylic acids is 3. The Labute approximate surface area is 186 Å². The van der Waals surface area contributed by atoms with Crippen molar-refractivity contribution in [3.63, 3.8) is 0 Å². The second-order valence-corrected chi connectivity index (χ2v) is 10.2. The molecule has 2 aliphatic rings. The third kappa shape index (κ3) is 6.91. The zero-order valence-corrected chi connectivity index (χ0v) is 20.0. The number of nitrogens with zero attached hydrogens (tertiary/aromatic N) is 1.